The van der Waals surface area contributed by atoms with Gasteiger partial charge in [-0.2, -0.15) is 0 Å². The average molecular weight is 340 g/mol. The van der Waals surface area contributed by atoms with E-state index in [1.54, 1.807) is 6.07 Å². The predicted octanol–water partition coefficient (Wildman–Crippen LogP) is 3.35. The van der Waals surface area contributed by atoms with Gasteiger partial charge in [-0.15, -0.1) is 0 Å². The van der Waals surface area contributed by atoms with Crippen molar-refractivity contribution in [1.29, 1.82) is 0 Å². The van der Waals surface area contributed by atoms with Gasteiger partial charge >= 0.3 is 0 Å². The molecule has 3 rings (SSSR count). The number of rotatable bonds is 6. The van der Waals surface area contributed by atoms with Crippen molar-refractivity contribution in [2.75, 3.05) is 12.3 Å². The number of aromatic nitrogens is 3. The molecule has 0 aliphatic heterocycles. The Kier molecular flexibility index (Phi) is 5.15. The second-order valence-corrected chi connectivity index (χ2v) is 6.71. The Hall–Kier alpha value is -2.34. The van der Waals surface area contributed by atoms with Gasteiger partial charge in [0.2, 0.25) is 0 Å². The molecule has 6 heteroatoms. The number of carbonyl (C=O) groups excluding carboxylic acids is 1. The molecule has 0 saturated carbocycles. The van der Waals surface area contributed by atoms with E-state index in [9.17, 15) is 4.79 Å². The Balaban J connectivity index is 1.63. The monoisotopic (exact) mass is 340 g/mol. The van der Waals surface area contributed by atoms with Crippen LogP contribution in [-0.2, 0) is 6.42 Å². The third-order valence-corrected chi connectivity index (χ3v) is 4.42. The Labute approximate surface area is 145 Å². The molecule has 0 saturated heterocycles. The van der Waals surface area contributed by atoms with Crippen LogP contribution in [0, 0.1) is 6.92 Å². The third kappa shape index (κ3) is 3.76. The van der Waals surface area contributed by atoms with Crippen LogP contribution in [0.4, 0.5) is 0 Å². The molecule has 0 aliphatic rings. The molecule has 2 heterocycles. The standard InChI is InChI=1S/C18H20N4OS/c1-3-24-18-21-12(2)10-16(22-18)17(23)19-9-8-13-11-20-15-7-5-4-6-14(13)15/h4-7,10-11,20H,3,8-9H2,1-2H3,(H,19,23). The quantitative estimate of drug-likeness (QED) is 0.533. The summed E-state index contributed by atoms with van der Waals surface area (Å²) >= 11 is 1.54. The lowest BCUT2D eigenvalue weighted by Crippen LogP contribution is -2.27. The Morgan fingerprint density at radius 3 is 2.96 bits per heavy atom. The second-order valence-electron chi connectivity index (χ2n) is 5.48. The van der Waals surface area contributed by atoms with E-state index in [1.165, 1.54) is 22.7 Å². The zero-order valence-corrected chi connectivity index (χ0v) is 14.6. The van der Waals surface area contributed by atoms with E-state index < -0.39 is 0 Å². The van der Waals surface area contributed by atoms with Crippen LogP contribution in [0.5, 0.6) is 0 Å². The predicted molar refractivity (Wildman–Crippen MR) is 97.5 cm³/mol. The minimum Gasteiger partial charge on any atom is -0.361 e. The Bertz CT molecular complexity index is 859. The van der Waals surface area contributed by atoms with Crippen LogP contribution >= 0.6 is 11.8 Å². The molecular formula is C18H20N4OS. The number of thioether (sulfide) groups is 1. The van der Waals surface area contributed by atoms with E-state index in [0.717, 1.165) is 23.4 Å². The van der Waals surface area contributed by atoms with Crippen LogP contribution in [-0.4, -0.2) is 33.2 Å². The first kappa shape index (κ1) is 16.5. The number of carbonyl (C=O) groups is 1. The van der Waals surface area contributed by atoms with E-state index in [1.807, 2.05) is 38.2 Å². The number of H-pyrrole nitrogens is 1. The van der Waals surface area contributed by atoms with E-state index in [-0.39, 0.29) is 5.91 Å². The van der Waals surface area contributed by atoms with Gasteiger partial charge in [-0.3, -0.25) is 4.79 Å². The summed E-state index contributed by atoms with van der Waals surface area (Å²) in [6.45, 7) is 4.49. The maximum absolute atomic E-state index is 12.3. The highest BCUT2D eigenvalue weighted by Gasteiger charge is 2.11. The van der Waals surface area contributed by atoms with Crippen molar-refractivity contribution in [2.45, 2.75) is 25.4 Å². The van der Waals surface area contributed by atoms with Gasteiger partial charge in [-0.25, -0.2) is 9.97 Å². The first-order chi connectivity index (χ1) is 11.7. The summed E-state index contributed by atoms with van der Waals surface area (Å²) < 4.78 is 0. The highest BCUT2D eigenvalue weighted by Crippen LogP contribution is 2.18. The maximum Gasteiger partial charge on any atom is 0.270 e. The van der Waals surface area contributed by atoms with E-state index in [4.69, 9.17) is 0 Å². The molecule has 2 N–H and O–H groups in total. The Morgan fingerprint density at radius 1 is 1.29 bits per heavy atom. The van der Waals surface area contributed by atoms with Gasteiger partial charge in [0.15, 0.2) is 5.16 Å². The third-order valence-electron chi connectivity index (χ3n) is 3.69. The number of nitrogens with one attached hydrogen (secondary N) is 2. The normalized spacial score (nSPS) is 10.9. The molecule has 0 atom stereocenters. The van der Waals surface area contributed by atoms with Crippen LogP contribution in [0.15, 0.2) is 41.7 Å². The molecule has 2 aromatic heterocycles. The number of amides is 1. The van der Waals surface area contributed by atoms with Gasteiger partial charge in [0.25, 0.3) is 5.91 Å². The topological polar surface area (TPSA) is 70.7 Å². The fourth-order valence-electron chi connectivity index (χ4n) is 2.59. The fourth-order valence-corrected chi connectivity index (χ4v) is 3.22. The van der Waals surface area contributed by atoms with Gasteiger partial charge in [0.05, 0.1) is 0 Å². The second kappa shape index (κ2) is 7.49. The number of aromatic amines is 1. The SMILES string of the molecule is CCSc1nc(C)cc(C(=O)NCCc2c[nH]c3ccccc23)n1. The molecule has 0 spiro atoms. The summed E-state index contributed by atoms with van der Waals surface area (Å²) in [6.07, 6.45) is 2.78. The smallest absolute Gasteiger partial charge is 0.270 e. The summed E-state index contributed by atoms with van der Waals surface area (Å²) in [5, 5.41) is 4.80. The van der Waals surface area contributed by atoms with Crippen LogP contribution in [0.25, 0.3) is 10.9 Å². The highest BCUT2D eigenvalue weighted by atomic mass is 32.2. The number of aryl methyl sites for hydroxylation is 1. The largest absolute Gasteiger partial charge is 0.361 e. The first-order valence-electron chi connectivity index (χ1n) is 7.99. The lowest BCUT2D eigenvalue weighted by atomic mass is 10.1. The fraction of sp³-hybridized carbons (Fsp3) is 0.278. The van der Waals surface area contributed by atoms with Crippen LogP contribution < -0.4 is 5.32 Å². The van der Waals surface area contributed by atoms with Crippen molar-refractivity contribution in [2.24, 2.45) is 0 Å². The molecule has 1 amide bonds. The highest BCUT2D eigenvalue weighted by molar-refractivity contribution is 7.99. The van der Waals surface area contributed by atoms with Crippen molar-refractivity contribution in [3.8, 4) is 0 Å². The minimum atomic E-state index is -0.154. The first-order valence-corrected chi connectivity index (χ1v) is 8.97. The van der Waals surface area contributed by atoms with Crippen LogP contribution in [0.1, 0.15) is 28.7 Å². The van der Waals surface area contributed by atoms with E-state index >= 15 is 0 Å². The van der Waals surface area contributed by atoms with Crippen LogP contribution in [0.3, 0.4) is 0 Å². The molecule has 0 unspecified atom stereocenters. The molecule has 24 heavy (non-hydrogen) atoms. The van der Waals surface area contributed by atoms with Gasteiger partial charge in [-0.05, 0) is 36.8 Å². The number of hydrogen-bond donors (Lipinski definition) is 2. The summed E-state index contributed by atoms with van der Waals surface area (Å²) in [7, 11) is 0. The molecule has 0 fully saturated rings. The molecule has 5 nitrogen and oxygen atoms in total. The van der Waals surface area contributed by atoms with Crippen molar-refractivity contribution < 1.29 is 4.79 Å². The molecule has 3 aromatic rings. The summed E-state index contributed by atoms with van der Waals surface area (Å²) in [6, 6.07) is 9.89. The van der Waals surface area contributed by atoms with Gasteiger partial charge < -0.3 is 10.3 Å². The van der Waals surface area contributed by atoms with Gasteiger partial charge in [0.1, 0.15) is 5.69 Å². The number of para-hydroxylation sites is 1. The van der Waals surface area contributed by atoms with E-state index in [0.29, 0.717) is 17.4 Å². The van der Waals surface area contributed by atoms with Crippen molar-refractivity contribution in [1.82, 2.24) is 20.3 Å². The molecule has 1 aromatic carbocycles. The van der Waals surface area contributed by atoms with Crippen molar-refractivity contribution in [3.05, 3.63) is 53.5 Å². The molecule has 0 radical (unpaired) electrons. The number of hydrogen-bond acceptors (Lipinski definition) is 4. The van der Waals surface area contributed by atoms with Gasteiger partial charge in [-0.1, -0.05) is 36.9 Å². The van der Waals surface area contributed by atoms with Crippen LogP contribution in [0.2, 0.25) is 0 Å². The number of fused-ring (bicyclic) bond motifs is 1. The summed E-state index contributed by atoms with van der Waals surface area (Å²) in [5.41, 5.74) is 3.55. The number of nitrogens with zero attached hydrogens (tertiary/aromatic N) is 2. The van der Waals surface area contributed by atoms with Crippen molar-refractivity contribution in [3.63, 3.8) is 0 Å². The lowest BCUT2D eigenvalue weighted by molar-refractivity contribution is 0.0948. The van der Waals surface area contributed by atoms with E-state index in [2.05, 4.69) is 26.3 Å². The molecule has 0 aliphatic carbocycles. The van der Waals surface area contributed by atoms with Crippen molar-refractivity contribution >= 4 is 28.6 Å². The Morgan fingerprint density at radius 2 is 2.12 bits per heavy atom. The lowest BCUT2D eigenvalue weighted by Gasteiger charge is -2.06. The number of benzene rings is 1. The maximum atomic E-state index is 12.3. The molecule has 124 valence electrons. The van der Waals surface area contributed by atoms with Gasteiger partial charge in [0, 0.05) is 29.3 Å². The molecule has 0 bridgehead atoms. The zero-order valence-electron chi connectivity index (χ0n) is 13.8. The summed E-state index contributed by atoms with van der Waals surface area (Å²) in [4.78, 5) is 24.2. The average Bonchev–Trinajstić information content (AvgIpc) is 2.98. The molecular weight excluding hydrogens is 320 g/mol. The summed E-state index contributed by atoms with van der Waals surface area (Å²) in [5.74, 6) is 0.726. The minimum absolute atomic E-state index is 0.154. The zero-order chi connectivity index (χ0) is 16.9.